The Morgan fingerprint density at radius 2 is 0.494 bits per heavy atom. The van der Waals surface area contributed by atoms with Crippen molar-refractivity contribution < 1.29 is 28.6 Å². The largest absolute Gasteiger partial charge is 0.462 e. The third kappa shape index (κ3) is 65.3. The fraction of sp³-hybridized carbons (Fsp3) is 0.767. The number of rotatable bonds is 62. The Balaban J connectivity index is 4.36. The van der Waals surface area contributed by atoms with Crippen molar-refractivity contribution in [1.82, 2.24) is 0 Å². The molecule has 0 bridgehead atoms. The fourth-order valence-electron chi connectivity index (χ4n) is 9.76. The van der Waals surface area contributed by atoms with Gasteiger partial charge in [-0.25, -0.2) is 0 Å². The molecule has 0 heterocycles. The summed E-state index contributed by atoms with van der Waals surface area (Å²) >= 11 is 0. The van der Waals surface area contributed by atoms with Crippen molar-refractivity contribution in [2.24, 2.45) is 0 Å². The number of unbranched alkanes of at least 4 members (excludes halogenated alkanes) is 37. The molecule has 0 aliphatic carbocycles. The molecule has 0 amide bonds. The van der Waals surface area contributed by atoms with Crippen molar-refractivity contribution in [3.63, 3.8) is 0 Å². The molecule has 0 saturated carbocycles. The molecule has 0 fully saturated rings. The van der Waals surface area contributed by atoms with E-state index >= 15 is 0 Å². The molecule has 0 aliphatic heterocycles. The van der Waals surface area contributed by atoms with Gasteiger partial charge in [-0.1, -0.05) is 292 Å². The summed E-state index contributed by atoms with van der Waals surface area (Å²) in [6, 6.07) is 0. The van der Waals surface area contributed by atoms with E-state index in [-0.39, 0.29) is 31.1 Å². The number of carbonyl (C=O) groups is 3. The van der Waals surface area contributed by atoms with Crippen LogP contribution in [0, 0.1) is 0 Å². The predicted molar refractivity (Wildman–Crippen MR) is 344 cm³/mol. The van der Waals surface area contributed by atoms with Crippen LogP contribution >= 0.6 is 0 Å². The fourth-order valence-corrected chi connectivity index (χ4v) is 9.76. The molecule has 0 aromatic heterocycles. The van der Waals surface area contributed by atoms with E-state index in [1.807, 2.05) is 0 Å². The Morgan fingerprint density at radius 1 is 0.266 bits per heavy atom. The number of hydrogen-bond acceptors (Lipinski definition) is 6. The lowest BCUT2D eigenvalue weighted by Crippen LogP contribution is -2.30. The smallest absolute Gasteiger partial charge is 0.306 e. The zero-order chi connectivity index (χ0) is 57.1. The summed E-state index contributed by atoms with van der Waals surface area (Å²) in [5, 5.41) is 0. The van der Waals surface area contributed by atoms with Gasteiger partial charge in [0.1, 0.15) is 13.2 Å². The van der Waals surface area contributed by atoms with Crippen molar-refractivity contribution >= 4 is 17.9 Å². The molecule has 1 atom stereocenters. The number of esters is 3. The van der Waals surface area contributed by atoms with Crippen LogP contribution in [-0.2, 0) is 28.6 Å². The molecular weight excluding hydrogens is 973 g/mol. The lowest BCUT2D eigenvalue weighted by Gasteiger charge is -2.18. The lowest BCUT2D eigenvalue weighted by atomic mass is 10.0. The zero-order valence-corrected chi connectivity index (χ0v) is 52.4. The highest BCUT2D eigenvalue weighted by Crippen LogP contribution is 2.17. The molecule has 0 N–H and O–H groups in total. The number of hydrogen-bond donors (Lipinski definition) is 0. The zero-order valence-electron chi connectivity index (χ0n) is 52.4. The van der Waals surface area contributed by atoms with Gasteiger partial charge < -0.3 is 14.2 Å². The van der Waals surface area contributed by atoms with Crippen LogP contribution in [0.5, 0.6) is 0 Å². The topological polar surface area (TPSA) is 78.9 Å². The second-order valence-electron chi connectivity index (χ2n) is 22.7. The molecule has 0 aliphatic rings. The first-order valence-corrected chi connectivity index (χ1v) is 34.1. The van der Waals surface area contributed by atoms with E-state index in [1.165, 1.54) is 199 Å². The molecule has 0 radical (unpaired) electrons. The molecule has 0 aromatic carbocycles. The van der Waals surface area contributed by atoms with Crippen LogP contribution in [0.15, 0.2) is 85.1 Å². The second kappa shape index (κ2) is 67.1. The van der Waals surface area contributed by atoms with Crippen molar-refractivity contribution in [3.8, 4) is 0 Å². The minimum atomic E-state index is -0.787. The Kier molecular flexibility index (Phi) is 64.2. The minimum absolute atomic E-state index is 0.0829. The molecule has 0 spiro atoms. The van der Waals surface area contributed by atoms with Crippen LogP contribution in [0.25, 0.3) is 0 Å². The number of allylic oxidation sites excluding steroid dienone is 14. The van der Waals surface area contributed by atoms with Crippen LogP contribution in [0.1, 0.15) is 342 Å². The highest BCUT2D eigenvalue weighted by atomic mass is 16.6. The van der Waals surface area contributed by atoms with E-state index in [2.05, 4.69) is 106 Å². The second-order valence-corrected chi connectivity index (χ2v) is 22.7. The quantitative estimate of drug-likeness (QED) is 0.0261. The number of ether oxygens (including phenoxy) is 3. The normalized spacial score (nSPS) is 12.6. The monoisotopic (exact) mass is 1100 g/mol. The van der Waals surface area contributed by atoms with Crippen LogP contribution in [0.4, 0.5) is 0 Å². The molecule has 6 heteroatoms. The summed E-state index contributed by atoms with van der Waals surface area (Å²) in [4.78, 5) is 38.4. The van der Waals surface area contributed by atoms with Crippen LogP contribution in [0.3, 0.4) is 0 Å². The van der Waals surface area contributed by atoms with Crippen LogP contribution in [0.2, 0.25) is 0 Å². The Morgan fingerprint density at radius 3 is 0.785 bits per heavy atom. The van der Waals surface area contributed by atoms with Gasteiger partial charge >= 0.3 is 17.9 Å². The first-order chi connectivity index (χ1) is 39.0. The van der Waals surface area contributed by atoms with Gasteiger partial charge in [0, 0.05) is 19.3 Å². The summed E-state index contributed by atoms with van der Waals surface area (Å²) in [5.74, 6) is -0.886. The van der Waals surface area contributed by atoms with Gasteiger partial charge in [0.05, 0.1) is 0 Å². The number of carbonyl (C=O) groups excluding carboxylic acids is 3. The maximum Gasteiger partial charge on any atom is 0.306 e. The summed E-state index contributed by atoms with van der Waals surface area (Å²) in [6.45, 7) is 6.55. The lowest BCUT2D eigenvalue weighted by molar-refractivity contribution is -0.167. The average molecular weight is 1100 g/mol. The first kappa shape index (κ1) is 75.6. The average Bonchev–Trinajstić information content (AvgIpc) is 3.45. The third-order valence-electron chi connectivity index (χ3n) is 14.9. The van der Waals surface area contributed by atoms with E-state index in [0.29, 0.717) is 19.3 Å². The van der Waals surface area contributed by atoms with Crippen molar-refractivity contribution in [2.45, 2.75) is 348 Å². The van der Waals surface area contributed by atoms with Crippen molar-refractivity contribution in [2.75, 3.05) is 13.2 Å². The summed E-state index contributed by atoms with van der Waals surface area (Å²) in [7, 11) is 0. The van der Waals surface area contributed by atoms with Gasteiger partial charge in [0.2, 0.25) is 0 Å². The minimum Gasteiger partial charge on any atom is -0.462 e. The van der Waals surface area contributed by atoms with Crippen molar-refractivity contribution in [3.05, 3.63) is 85.1 Å². The van der Waals surface area contributed by atoms with Crippen molar-refractivity contribution in [1.29, 1.82) is 0 Å². The van der Waals surface area contributed by atoms with Gasteiger partial charge in [-0.2, -0.15) is 0 Å². The third-order valence-corrected chi connectivity index (χ3v) is 14.9. The first-order valence-electron chi connectivity index (χ1n) is 34.1. The molecular formula is C73H128O6. The highest BCUT2D eigenvalue weighted by molar-refractivity contribution is 5.71. The van der Waals surface area contributed by atoms with Gasteiger partial charge in [-0.3, -0.25) is 14.4 Å². The molecule has 79 heavy (non-hydrogen) atoms. The SMILES string of the molecule is CC/C=C\C/C=C\C/C=C\C/C=C\C/C=C\CCCCCCCCCC(=O)OCC(COC(=O)CCCCCCC/C=C\CCCCCCCC)OC(=O)CCCCCCCCCCCCC/C=C\CCCCCCCCCC. The van der Waals surface area contributed by atoms with Gasteiger partial charge in [0.15, 0.2) is 6.10 Å². The maximum atomic E-state index is 13.0. The highest BCUT2D eigenvalue weighted by Gasteiger charge is 2.19. The molecule has 0 rings (SSSR count). The Hall–Kier alpha value is -3.41. The summed E-state index contributed by atoms with van der Waals surface area (Å²) < 4.78 is 17.0. The van der Waals surface area contributed by atoms with Crippen LogP contribution < -0.4 is 0 Å². The van der Waals surface area contributed by atoms with E-state index in [1.54, 1.807) is 0 Å². The Bertz CT molecular complexity index is 1500. The molecule has 6 nitrogen and oxygen atoms in total. The maximum absolute atomic E-state index is 13.0. The van der Waals surface area contributed by atoms with E-state index in [9.17, 15) is 14.4 Å². The molecule has 0 aromatic rings. The summed E-state index contributed by atoms with van der Waals surface area (Å²) in [6.07, 6.45) is 88.8. The predicted octanol–water partition coefficient (Wildman–Crippen LogP) is 23.4. The van der Waals surface area contributed by atoms with E-state index in [0.717, 1.165) is 103 Å². The van der Waals surface area contributed by atoms with Gasteiger partial charge in [-0.05, 0) is 116 Å². The van der Waals surface area contributed by atoms with E-state index in [4.69, 9.17) is 14.2 Å². The Labute approximate surface area is 490 Å². The molecule has 1 unspecified atom stereocenters. The molecule has 0 saturated heterocycles. The summed E-state index contributed by atoms with van der Waals surface area (Å²) in [5.41, 5.74) is 0. The van der Waals surface area contributed by atoms with Gasteiger partial charge in [0.25, 0.3) is 0 Å². The van der Waals surface area contributed by atoms with E-state index < -0.39 is 6.10 Å². The standard InChI is InChI=1S/C73H128O6/c1-4-7-10-13-16-19-22-25-28-30-32-34-36-38-40-42-45-48-51-54-57-60-63-66-72(75)78-69-70(68-77-71(74)65-62-59-56-53-50-47-44-27-24-21-18-15-12-9-6-3)79-73(76)67-64-61-58-55-52-49-46-43-41-39-37-35-33-31-29-26-23-20-17-14-11-8-5-2/h7,10,16,19,25,27-28,31-34,38,40,44,70H,4-6,8-9,11-15,17-18,20-24,26,29-30,35-37,39,41-43,45-69H2,1-3H3/b10-7-,19-16-,28-25-,33-31-,34-32-,40-38-,44-27-. The molecule has 456 valence electrons. The van der Waals surface area contributed by atoms with Gasteiger partial charge in [-0.15, -0.1) is 0 Å². The van der Waals surface area contributed by atoms with Crippen LogP contribution in [-0.4, -0.2) is 37.2 Å².